The van der Waals surface area contributed by atoms with E-state index >= 15 is 0 Å². The van der Waals surface area contributed by atoms with Gasteiger partial charge in [-0.05, 0) is 126 Å². The highest BCUT2D eigenvalue weighted by molar-refractivity contribution is 5.88. The number of phenolic OH excluding ortho intramolecular Hbond substituents is 1. The van der Waals surface area contributed by atoms with Gasteiger partial charge in [0.25, 0.3) is 0 Å². The first-order valence-corrected chi connectivity index (χ1v) is 19.7. The summed E-state index contributed by atoms with van der Waals surface area (Å²) in [6.07, 6.45) is 19.4. The van der Waals surface area contributed by atoms with Crippen molar-refractivity contribution in [3.05, 3.63) is 125 Å². The Morgan fingerprint density at radius 2 is 1.67 bits per heavy atom. The number of allylic oxidation sites excluding steroid dienone is 3. The monoisotopic (exact) mass is 726 g/mol. The van der Waals surface area contributed by atoms with E-state index in [1.807, 2.05) is 42.5 Å². The van der Waals surface area contributed by atoms with E-state index in [2.05, 4.69) is 55.4 Å². The molecule has 2 N–H and O–H groups in total. The van der Waals surface area contributed by atoms with Gasteiger partial charge in [-0.2, -0.15) is 0 Å². The fraction of sp³-hybridized carbons (Fsp3) is 0.396. The van der Waals surface area contributed by atoms with Crippen molar-refractivity contribution in [2.45, 2.75) is 103 Å². The molecule has 1 aliphatic carbocycles. The number of aryl methyl sites for hydroxylation is 3. The lowest BCUT2D eigenvalue weighted by molar-refractivity contribution is -0.121. The number of carbonyl (C=O) groups is 1. The summed E-state index contributed by atoms with van der Waals surface area (Å²) in [5, 5.41) is 23.3. The second kappa shape index (κ2) is 19.3. The number of carbonyl (C=O) groups excluding carboxylic acids is 1. The molecule has 0 fully saturated rings. The third kappa shape index (κ3) is 10.5. The molecule has 6 bridgehead atoms. The maximum absolute atomic E-state index is 13.5. The van der Waals surface area contributed by atoms with Crippen LogP contribution in [0.2, 0.25) is 0 Å². The lowest BCUT2D eigenvalue weighted by Gasteiger charge is -2.28. The third-order valence-corrected chi connectivity index (χ3v) is 10.9. The van der Waals surface area contributed by atoms with Crippen LogP contribution in [0.3, 0.4) is 0 Å². The first-order chi connectivity index (χ1) is 26.4. The largest absolute Gasteiger partial charge is 0.508 e. The highest BCUT2D eigenvalue weighted by Gasteiger charge is 2.27. The van der Waals surface area contributed by atoms with Crippen LogP contribution in [0.5, 0.6) is 17.2 Å². The SMILES string of the molecule is CCCCCc1ccccc1CCCC[C@H]1C=CC(O)=C[C@H]1C[C@@H]1CC(=O)CCc2ccc(OC)c(c2)OCc2ccc3c(c(O)ccc3c2)CC#CO1. The highest BCUT2D eigenvalue weighted by Crippen LogP contribution is 2.34. The molecule has 0 saturated carbocycles. The molecule has 3 aliphatic rings. The van der Waals surface area contributed by atoms with E-state index in [0.717, 1.165) is 59.6 Å². The average molecular weight is 727 g/mol. The van der Waals surface area contributed by atoms with Gasteiger partial charge in [-0.3, -0.25) is 4.79 Å². The van der Waals surface area contributed by atoms with E-state index in [1.54, 1.807) is 19.3 Å². The molecule has 2 heterocycles. The van der Waals surface area contributed by atoms with Crippen LogP contribution in [-0.4, -0.2) is 29.2 Å². The zero-order valence-corrected chi connectivity index (χ0v) is 31.8. The van der Waals surface area contributed by atoms with Crippen LogP contribution in [-0.2, 0) is 41.8 Å². The number of hydrogen-bond acceptors (Lipinski definition) is 6. The predicted octanol–water partition coefficient (Wildman–Crippen LogP) is 10.7. The van der Waals surface area contributed by atoms with E-state index in [4.69, 9.17) is 14.2 Å². The number of fused-ring (bicyclic) bond motifs is 9. The van der Waals surface area contributed by atoms with Crippen molar-refractivity contribution < 1.29 is 29.2 Å². The minimum atomic E-state index is -0.455. The molecular weight excluding hydrogens is 673 g/mol. The van der Waals surface area contributed by atoms with Crippen molar-refractivity contribution in [3.63, 3.8) is 0 Å². The highest BCUT2D eigenvalue weighted by atomic mass is 16.5. The van der Waals surface area contributed by atoms with Gasteiger partial charge >= 0.3 is 0 Å². The van der Waals surface area contributed by atoms with Gasteiger partial charge in [-0.25, -0.2) is 0 Å². The molecular formula is C48H54O6. The van der Waals surface area contributed by atoms with E-state index in [-0.39, 0.29) is 35.5 Å². The maximum Gasteiger partial charge on any atom is 0.161 e. The number of methoxy groups -OCH3 is 1. The van der Waals surface area contributed by atoms with Crippen molar-refractivity contribution in [2.24, 2.45) is 11.8 Å². The summed E-state index contributed by atoms with van der Waals surface area (Å²) in [5.74, 6) is 5.13. The van der Waals surface area contributed by atoms with E-state index in [0.29, 0.717) is 43.8 Å². The fourth-order valence-corrected chi connectivity index (χ4v) is 7.85. The smallest absolute Gasteiger partial charge is 0.161 e. The van der Waals surface area contributed by atoms with Crippen molar-refractivity contribution in [1.29, 1.82) is 0 Å². The Labute approximate surface area is 320 Å². The number of Topliss-reactive ketones (excluding diaryl/α,β-unsaturated/α-hetero) is 1. The van der Waals surface area contributed by atoms with Crippen LogP contribution >= 0.6 is 0 Å². The Morgan fingerprint density at radius 3 is 2.46 bits per heavy atom. The van der Waals surface area contributed by atoms with E-state index in [9.17, 15) is 15.0 Å². The van der Waals surface area contributed by atoms with Gasteiger partial charge in [0.2, 0.25) is 0 Å². The Bertz CT molecular complexity index is 2010. The Hall–Kier alpha value is -5.15. The van der Waals surface area contributed by atoms with Crippen LogP contribution in [0.1, 0.15) is 92.5 Å². The van der Waals surface area contributed by atoms with Gasteiger partial charge < -0.3 is 24.4 Å². The van der Waals surface area contributed by atoms with Gasteiger partial charge in [0, 0.05) is 24.8 Å². The number of ketones is 1. The first-order valence-electron chi connectivity index (χ1n) is 19.7. The maximum atomic E-state index is 13.5. The van der Waals surface area contributed by atoms with Crippen LogP contribution in [0.15, 0.2) is 96.8 Å². The summed E-state index contributed by atoms with van der Waals surface area (Å²) in [6.45, 7) is 2.59. The lowest BCUT2D eigenvalue weighted by Crippen LogP contribution is -2.24. The molecule has 6 nitrogen and oxygen atoms in total. The summed E-state index contributed by atoms with van der Waals surface area (Å²) >= 11 is 0. The number of ether oxygens (including phenoxy) is 3. The molecule has 6 heteroatoms. The molecule has 0 unspecified atom stereocenters. The molecule has 0 radical (unpaired) electrons. The van der Waals surface area contributed by atoms with Crippen LogP contribution in [0.25, 0.3) is 10.8 Å². The molecule has 0 amide bonds. The van der Waals surface area contributed by atoms with E-state index < -0.39 is 6.10 Å². The average Bonchev–Trinajstić information content (AvgIpc) is 3.18. The first kappa shape index (κ1) is 38.6. The molecule has 282 valence electrons. The van der Waals surface area contributed by atoms with Gasteiger partial charge in [-0.1, -0.05) is 86.7 Å². The zero-order chi connectivity index (χ0) is 37.7. The summed E-state index contributed by atoms with van der Waals surface area (Å²) < 4.78 is 18.0. The Balaban J connectivity index is 1.18. The van der Waals surface area contributed by atoms with Crippen molar-refractivity contribution in [3.8, 4) is 29.3 Å². The second-order valence-electron chi connectivity index (χ2n) is 14.8. The molecule has 4 aromatic carbocycles. The Kier molecular flexibility index (Phi) is 13.8. The molecule has 54 heavy (non-hydrogen) atoms. The molecule has 3 atom stereocenters. The lowest BCUT2D eigenvalue weighted by atomic mass is 9.80. The normalized spacial score (nSPS) is 18.8. The minimum Gasteiger partial charge on any atom is -0.508 e. The summed E-state index contributed by atoms with van der Waals surface area (Å²) in [7, 11) is 1.62. The molecule has 2 aliphatic heterocycles. The molecule has 4 aromatic rings. The zero-order valence-electron chi connectivity index (χ0n) is 31.8. The topological polar surface area (TPSA) is 85.2 Å². The molecule has 7 rings (SSSR count). The second-order valence-corrected chi connectivity index (χ2v) is 14.8. The molecule has 0 aromatic heterocycles. The standard InChI is InChI=1S/C48H54O6/c1-3-4-5-11-36-12-6-7-13-37(36)14-8-9-15-38-20-23-41(49)30-40(38)31-43-32-42(50)22-17-34-19-26-47(52-2)48(29-34)54-33-35-18-24-44-39(28-35)21-25-46(51)45(44)16-10-27-53-43/h6-7,12-13,18-21,23-26,28-30,38,40,43,49,51H,3-5,8-9,11,14-17,22,31-33H2,1-2H3/t38-,40-,43+/m0/s1. The minimum absolute atomic E-state index is 0.00939. The van der Waals surface area contributed by atoms with Gasteiger partial charge in [-0.15, -0.1) is 0 Å². The molecule has 0 spiro atoms. The fourth-order valence-electron chi connectivity index (χ4n) is 7.85. The van der Waals surface area contributed by atoms with Crippen molar-refractivity contribution in [2.75, 3.05) is 7.11 Å². The number of benzene rings is 4. The summed E-state index contributed by atoms with van der Waals surface area (Å²) in [6, 6.07) is 24.3. The quantitative estimate of drug-likeness (QED) is 0.112. The van der Waals surface area contributed by atoms with Gasteiger partial charge in [0.15, 0.2) is 11.5 Å². The van der Waals surface area contributed by atoms with Crippen molar-refractivity contribution >= 4 is 16.6 Å². The number of rotatable bonds is 12. The van der Waals surface area contributed by atoms with Crippen LogP contribution in [0.4, 0.5) is 0 Å². The number of aromatic hydroxyl groups is 1. The number of unbranched alkanes of at least 4 members (excludes halogenated alkanes) is 3. The van der Waals surface area contributed by atoms with Gasteiger partial charge in [0.1, 0.15) is 36.1 Å². The summed E-state index contributed by atoms with van der Waals surface area (Å²) in [4.78, 5) is 13.5. The number of phenols is 1. The predicted molar refractivity (Wildman–Crippen MR) is 216 cm³/mol. The number of aliphatic hydroxyl groups excluding tert-OH is 1. The van der Waals surface area contributed by atoms with E-state index in [1.165, 1.54) is 30.4 Å². The number of aliphatic hydroxyl groups is 1. The van der Waals surface area contributed by atoms with Crippen molar-refractivity contribution in [1.82, 2.24) is 0 Å². The number of hydrogen-bond donors (Lipinski definition) is 2. The summed E-state index contributed by atoms with van der Waals surface area (Å²) in [5.41, 5.74) is 5.63. The Morgan fingerprint density at radius 1 is 0.870 bits per heavy atom. The molecule has 0 saturated heterocycles. The van der Waals surface area contributed by atoms with Gasteiger partial charge in [0.05, 0.1) is 7.11 Å². The van der Waals surface area contributed by atoms with Crippen LogP contribution in [0, 0.1) is 23.9 Å². The van der Waals surface area contributed by atoms with Crippen LogP contribution < -0.4 is 9.47 Å². The third-order valence-electron chi connectivity index (χ3n) is 10.9.